The smallest absolute Gasteiger partial charge is 0.162 e. The second kappa shape index (κ2) is 9.30. The third-order valence-corrected chi connectivity index (χ3v) is 5.52. The van der Waals surface area contributed by atoms with Gasteiger partial charge in [-0.05, 0) is 67.8 Å². The largest absolute Gasteiger partial charge is 0.497 e. The van der Waals surface area contributed by atoms with Crippen LogP contribution in [-0.2, 0) is 6.42 Å². The molecular weight excluding hydrogens is 357 g/mol. The highest BCUT2D eigenvalue weighted by Crippen LogP contribution is 2.27. The molecule has 1 fully saturated rings. The number of Topliss-reactive ketones (excluding diaryl/α,β-unsaturated/α-hetero) is 1. The Labute approximate surface area is 165 Å². The summed E-state index contributed by atoms with van der Waals surface area (Å²) in [4.78, 5) is 14.5. The lowest BCUT2D eigenvalue weighted by Crippen LogP contribution is -2.45. The number of ketones is 1. The molecule has 150 valence electrons. The zero-order chi connectivity index (χ0) is 20.0. The monoisotopic (exact) mass is 385 g/mol. The minimum Gasteiger partial charge on any atom is -0.497 e. The van der Waals surface area contributed by atoms with E-state index in [0.717, 1.165) is 50.2 Å². The summed E-state index contributed by atoms with van der Waals surface area (Å²) in [6.07, 6.45) is 3.33. The van der Waals surface area contributed by atoms with Crippen molar-refractivity contribution in [1.29, 1.82) is 0 Å². The molecule has 0 unspecified atom stereocenters. The SMILES string of the molecule is COc1ccc(CC2(O)CCN(CCCC(=O)c3ccc(F)cc3)CC2)cc1. The first-order chi connectivity index (χ1) is 13.5. The van der Waals surface area contributed by atoms with Crippen molar-refractivity contribution < 1.29 is 19.0 Å². The molecule has 4 nitrogen and oxygen atoms in total. The molecule has 0 aromatic heterocycles. The van der Waals surface area contributed by atoms with E-state index in [4.69, 9.17) is 4.74 Å². The van der Waals surface area contributed by atoms with Crippen LogP contribution in [0.15, 0.2) is 48.5 Å². The van der Waals surface area contributed by atoms with Crippen LogP contribution in [0.2, 0.25) is 0 Å². The summed E-state index contributed by atoms with van der Waals surface area (Å²) in [5, 5.41) is 10.9. The Morgan fingerprint density at radius 1 is 1.11 bits per heavy atom. The number of rotatable bonds is 8. The number of carbonyl (C=O) groups is 1. The van der Waals surface area contributed by atoms with Gasteiger partial charge in [0.15, 0.2) is 5.78 Å². The van der Waals surface area contributed by atoms with Crippen LogP contribution < -0.4 is 4.74 Å². The molecule has 5 heteroatoms. The summed E-state index contributed by atoms with van der Waals surface area (Å²) in [7, 11) is 1.64. The van der Waals surface area contributed by atoms with E-state index in [1.54, 1.807) is 7.11 Å². The molecule has 1 saturated heterocycles. The molecule has 0 aliphatic carbocycles. The highest BCUT2D eigenvalue weighted by atomic mass is 19.1. The molecule has 0 bridgehead atoms. The molecule has 28 heavy (non-hydrogen) atoms. The van der Waals surface area contributed by atoms with Crippen molar-refractivity contribution in [2.45, 2.75) is 37.7 Å². The standard InChI is InChI=1S/C23H28FNO3/c1-28-21-10-4-18(5-11-21)17-23(27)12-15-25(16-13-23)14-2-3-22(26)19-6-8-20(24)9-7-19/h4-11,27H,2-3,12-17H2,1H3. The van der Waals surface area contributed by atoms with Crippen molar-refractivity contribution in [3.8, 4) is 5.75 Å². The number of aliphatic hydroxyl groups is 1. The molecule has 1 aliphatic rings. The highest BCUT2D eigenvalue weighted by molar-refractivity contribution is 5.95. The first kappa shape index (κ1) is 20.5. The Balaban J connectivity index is 1.40. The normalized spacial score (nSPS) is 16.7. The van der Waals surface area contributed by atoms with Crippen LogP contribution in [-0.4, -0.2) is 48.1 Å². The molecule has 2 aromatic carbocycles. The van der Waals surface area contributed by atoms with E-state index < -0.39 is 5.60 Å². The summed E-state index contributed by atoms with van der Waals surface area (Å²) in [6, 6.07) is 13.6. The predicted octanol–water partition coefficient (Wildman–Crippen LogP) is 3.87. The third-order valence-electron chi connectivity index (χ3n) is 5.52. The van der Waals surface area contributed by atoms with Crippen molar-refractivity contribution in [2.24, 2.45) is 0 Å². The summed E-state index contributed by atoms with van der Waals surface area (Å²) < 4.78 is 18.1. The number of hydrogen-bond acceptors (Lipinski definition) is 4. The number of ether oxygens (including phenoxy) is 1. The first-order valence-corrected chi connectivity index (χ1v) is 9.84. The molecule has 3 rings (SSSR count). The second-order valence-corrected chi connectivity index (χ2v) is 7.62. The van der Waals surface area contributed by atoms with Gasteiger partial charge < -0.3 is 14.7 Å². The first-order valence-electron chi connectivity index (χ1n) is 9.84. The number of benzene rings is 2. The molecule has 1 N–H and O–H groups in total. The average Bonchev–Trinajstić information content (AvgIpc) is 2.70. The predicted molar refractivity (Wildman–Crippen MR) is 107 cm³/mol. The Morgan fingerprint density at radius 3 is 2.36 bits per heavy atom. The quantitative estimate of drug-likeness (QED) is 0.701. The molecule has 0 saturated carbocycles. The van der Waals surface area contributed by atoms with Crippen LogP contribution >= 0.6 is 0 Å². The van der Waals surface area contributed by atoms with Crippen LogP contribution in [0.4, 0.5) is 4.39 Å². The van der Waals surface area contributed by atoms with Crippen molar-refractivity contribution in [3.63, 3.8) is 0 Å². The highest BCUT2D eigenvalue weighted by Gasteiger charge is 2.32. The van der Waals surface area contributed by atoms with Gasteiger partial charge in [0.25, 0.3) is 0 Å². The molecule has 0 atom stereocenters. The summed E-state index contributed by atoms with van der Waals surface area (Å²) >= 11 is 0. The maximum atomic E-state index is 12.9. The van der Waals surface area contributed by atoms with Crippen molar-refractivity contribution in [1.82, 2.24) is 4.90 Å². The number of likely N-dealkylation sites (tertiary alicyclic amines) is 1. The molecule has 1 heterocycles. The fourth-order valence-corrected chi connectivity index (χ4v) is 3.74. The van der Waals surface area contributed by atoms with Gasteiger partial charge in [-0.15, -0.1) is 0 Å². The van der Waals surface area contributed by atoms with Gasteiger partial charge in [0.2, 0.25) is 0 Å². The number of hydrogen-bond donors (Lipinski definition) is 1. The van der Waals surface area contributed by atoms with E-state index in [-0.39, 0.29) is 11.6 Å². The lowest BCUT2D eigenvalue weighted by molar-refractivity contribution is -0.0207. The maximum absolute atomic E-state index is 12.9. The van der Waals surface area contributed by atoms with Gasteiger partial charge in [-0.3, -0.25) is 4.79 Å². The van der Waals surface area contributed by atoms with E-state index >= 15 is 0 Å². The number of methoxy groups -OCH3 is 1. The van der Waals surface area contributed by atoms with Crippen LogP contribution in [0, 0.1) is 5.82 Å². The third kappa shape index (κ3) is 5.63. The van der Waals surface area contributed by atoms with Gasteiger partial charge in [0.05, 0.1) is 12.7 Å². The van der Waals surface area contributed by atoms with E-state index in [1.807, 2.05) is 24.3 Å². The molecule has 1 aliphatic heterocycles. The van der Waals surface area contributed by atoms with Gasteiger partial charge in [0.1, 0.15) is 11.6 Å². The van der Waals surface area contributed by atoms with Gasteiger partial charge in [-0.1, -0.05) is 12.1 Å². The van der Waals surface area contributed by atoms with E-state index in [9.17, 15) is 14.3 Å². The summed E-state index contributed by atoms with van der Waals surface area (Å²) in [5.74, 6) is 0.542. The summed E-state index contributed by atoms with van der Waals surface area (Å²) in [5.41, 5.74) is 1.00. The fraction of sp³-hybridized carbons (Fsp3) is 0.435. The zero-order valence-electron chi connectivity index (χ0n) is 16.4. The molecular formula is C23H28FNO3. The molecule has 0 spiro atoms. The van der Waals surface area contributed by atoms with Gasteiger partial charge >= 0.3 is 0 Å². The van der Waals surface area contributed by atoms with E-state index in [2.05, 4.69) is 4.90 Å². The topological polar surface area (TPSA) is 49.8 Å². The van der Waals surface area contributed by atoms with Crippen LogP contribution in [0.3, 0.4) is 0 Å². The Bertz CT molecular complexity index is 765. The minimum atomic E-state index is -0.672. The molecule has 2 aromatic rings. The van der Waals surface area contributed by atoms with E-state index in [1.165, 1.54) is 24.3 Å². The number of nitrogens with zero attached hydrogens (tertiary/aromatic N) is 1. The van der Waals surface area contributed by atoms with E-state index in [0.29, 0.717) is 18.4 Å². The maximum Gasteiger partial charge on any atom is 0.162 e. The lowest BCUT2D eigenvalue weighted by atomic mass is 9.85. The van der Waals surface area contributed by atoms with Crippen molar-refractivity contribution in [3.05, 3.63) is 65.5 Å². The molecule has 0 radical (unpaired) electrons. The Morgan fingerprint density at radius 2 is 1.75 bits per heavy atom. The number of carbonyl (C=O) groups excluding carboxylic acids is 1. The van der Waals surface area contributed by atoms with Crippen molar-refractivity contribution >= 4 is 5.78 Å². The summed E-state index contributed by atoms with van der Waals surface area (Å²) in [6.45, 7) is 2.50. The average molecular weight is 385 g/mol. The van der Waals surface area contributed by atoms with Crippen molar-refractivity contribution in [2.75, 3.05) is 26.7 Å². The fourth-order valence-electron chi connectivity index (χ4n) is 3.74. The molecule has 0 amide bonds. The second-order valence-electron chi connectivity index (χ2n) is 7.62. The van der Waals surface area contributed by atoms with Gasteiger partial charge in [-0.25, -0.2) is 4.39 Å². The van der Waals surface area contributed by atoms with Crippen LogP contribution in [0.25, 0.3) is 0 Å². The van der Waals surface area contributed by atoms with Gasteiger partial charge in [0, 0.05) is 31.5 Å². The van der Waals surface area contributed by atoms with Gasteiger partial charge in [-0.2, -0.15) is 0 Å². The lowest BCUT2D eigenvalue weighted by Gasteiger charge is -2.38. The van der Waals surface area contributed by atoms with Crippen LogP contribution in [0.1, 0.15) is 41.6 Å². The number of piperidine rings is 1. The van der Waals surface area contributed by atoms with Crippen LogP contribution in [0.5, 0.6) is 5.75 Å². The minimum absolute atomic E-state index is 0.0491. The Kier molecular flexibility index (Phi) is 6.81. The number of halogens is 1. The zero-order valence-corrected chi connectivity index (χ0v) is 16.4. The Hall–Kier alpha value is -2.24.